The Morgan fingerprint density at radius 2 is 2.16 bits per heavy atom. The van der Waals surface area contributed by atoms with Crippen LogP contribution in [0.5, 0.6) is 0 Å². The van der Waals surface area contributed by atoms with Crippen LogP contribution in [0.1, 0.15) is 41.4 Å². The van der Waals surface area contributed by atoms with Gasteiger partial charge in [0.2, 0.25) is 0 Å². The molecule has 1 aliphatic heterocycles. The largest absolute Gasteiger partial charge is 0.367 e. The first kappa shape index (κ1) is 20.5. The molecule has 1 amide bonds. The molecule has 1 fully saturated rings. The molecule has 31 heavy (non-hydrogen) atoms. The van der Waals surface area contributed by atoms with Gasteiger partial charge in [-0.05, 0) is 56.0 Å². The molecular formula is C23H25N7O. The first-order valence-electron chi connectivity index (χ1n) is 10.5. The van der Waals surface area contributed by atoms with Crippen LogP contribution in [-0.4, -0.2) is 49.9 Å². The van der Waals surface area contributed by atoms with Crippen molar-refractivity contribution in [1.82, 2.24) is 24.9 Å². The Hall–Kier alpha value is -3.73. The highest BCUT2D eigenvalue weighted by atomic mass is 16.2. The zero-order chi connectivity index (χ0) is 21.8. The predicted octanol–water partition coefficient (Wildman–Crippen LogP) is 3.20. The molecule has 1 saturated heterocycles. The van der Waals surface area contributed by atoms with Gasteiger partial charge in [0.15, 0.2) is 5.69 Å². The van der Waals surface area contributed by atoms with Crippen LogP contribution in [0.2, 0.25) is 0 Å². The Kier molecular flexibility index (Phi) is 5.94. The van der Waals surface area contributed by atoms with E-state index in [1.807, 2.05) is 48.4 Å². The van der Waals surface area contributed by atoms with Crippen LogP contribution in [0.3, 0.4) is 0 Å². The van der Waals surface area contributed by atoms with Gasteiger partial charge in [-0.2, -0.15) is 10.4 Å². The lowest BCUT2D eigenvalue weighted by atomic mass is 9.89. The van der Waals surface area contributed by atoms with Gasteiger partial charge in [0, 0.05) is 25.5 Å². The smallest absolute Gasteiger partial charge is 0.256 e. The third-order valence-electron chi connectivity index (χ3n) is 5.78. The van der Waals surface area contributed by atoms with Gasteiger partial charge in [0.25, 0.3) is 5.91 Å². The van der Waals surface area contributed by atoms with Crippen molar-refractivity contribution in [1.29, 1.82) is 5.26 Å². The highest BCUT2D eigenvalue weighted by molar-refractivity contribution is 5.98. The van der Waals surface area contributed by atoms with Gasteiger partial charge < -0.3 is 10.2 Å². The second-order valence-corrected chi connectivity index (χ2v) is 7.95. The monoisotopic (exact) mass is 415 g/mol. The molecule has 3 aromatic rings. The molecular weight excluding hydrogens is 390 g/mol. The number of carbonyl (C=O) groups excluding carboxylic acids is 1. The molecule has 1 aliphatic rings. The fourth-order valence-electron chi connectivity index (χ4n) is 4.09. The maximum absolute atomic E-state index is 13.7. The number of likely N-dealkylation sites (tertiary alicyclic amines) is 1. The van der Waals surface area contributed by atoms with Crippen molar-refractivity contribution in [3.63, 3.8) is 0 Å². The van der Waals surface area contributed by atoms with Crippen LogP contribution >= 0.6 is 0 Å². The van der Waals surface area contributed by atoms with E-state index in [0.717, 1.165) is 24.1 Å². The Bertz CT molecular complexity index is 1090. The number of carbonyl (C=O) groups is 1. The summed E-state index contributed by atoms with van der Waals surface area (Å²) < 4.78 is 1.74. The standard InChI is InChI=1S/C23H25N7O/c1-16-6-8-20(30-12-4-10-26-30)19(13-16)23(31)29-11-3-5-17(2)21(29)15-25-22-9-7-18(14-24)27-28-22/h4,6-10,12-13,17,21H,3,5,11,15H2,1-2H3,(H,25,28). The van der Waals surface area contributed by atoms with E-state index in [1.54, 1.807) is 23.0 Å². The summed E-state index contributed by atoms with van der Waals surface area (Å²) in [6, 6.07) is 13.1. The Balaban J connectivity index is 1.58. The summed E-state index contributed by atoms with van der Waals surface area (Å²) in [5, 5.41) is 24.4. The van der Waals surface area contributed by atoms with E-state index >= 15 is 0 Å². The van der Waals surface area contributed by atoms with E-state index in [0.29, 0.717) is 30.4 Å². The lowest BCUT2D eigenvalue weighted by Crippen LogP contribution is -2.51. The molecule has 0 saturated carbocycles. The molecule has 0 spiro atoms. The van der Waals surface area contributed by atoms with E-state index in [9.17, 15) is 4.79 Å². The fraction of sp³-hybridized carbons (Fsp3) is 0.348. The molecule has 3 heterocycles. The molecule has 8 nitrogen and oxygen atoms in total. The second kappa shape index (κ2) is 8.96. The fourth-order valence-corrected chi connectivity index (χ4v) is 4.09. The Labute approximate surface area is 181 Å². The first-order chi connectivity index (χ1) is 15.1. The van der Waals surface area contributed by atoms with E-state index in [1.165, 1.54) is 0 Å². The summed E-state index contributed by atoms with van der Waals surface area (Å²) in [5.74, 6) is 0.949. The van der Waals surface area contributed by atoms with Crippen molar-refractivity contribution in [2.24, 2.45) is 5.92 Å². The third kappa shape index (κ3) is 4.40. The van der Waals surface area contributed by atoms with Crippen molar-refractivity contribution >= 4 is 11.7 Å². The maximum atomic E-state index is 13.7. The molecule has 0 radical (unpaired) electrons. The van der Waals surface area contributed by atoms with Crippen LogP contribution in [0, 0.1) is 24.2 Å². The summed E-state index contributed by atoms with van der Waals surface area (Å²) in [6.07, 6.45) is 5.60. The first-order valence-corrected chi connectivity index (χ1v) is 10.5. The number of rotatable bonds is 5. The minimum atomic E-state index is 0.0125. The average molecular weight is 416 g/mol. The molecule has 0 aliphatic carbocycles. The highest BCUT2D eigenvalue weighted by Crippen LogP contribution is 2.27. The Morgan fingerprint density at radius 1 is 1.29 bits per heavy atom. The number of aryl methyl sites for hydroxylation is 1. The molecule has 1 N–H and O–H groups in total. The third-order valence-corrected chi connectivity index (χ3v) is 5.78. The number of hydrogen-bond acceptors (Lipinski definition) is 6. The highest BCUT2D eigenvalue weighted by Gasteiger charge is 2.33. The van der Waals surface area contributed by atoms with Crippen LogP contribution < -0.4 is 5.32 Å². The number of nitrogens with zero attached hydrogens (tertiary/aromatic N) is 6. The summed E-state index contributed by atoms with van der Waals surface area (Å²) in [7, 11) is 0. The zero-order valence-electron chi connectivity index (χ0n) is 17.7. The lowest BCUT2D eigenvalue weighted by molar-refractivity contribution is 0.0540. The van der Waals surface area contributed by atoms with Gasteiger partial charge in [-0.1, -0.05) is 18.6 Å². The van der Waals surface area contributed by atoms with Crippen LogP contribution in [0.4, 0.5) is 5.82 Å². The van der Waals surface area contributed by atoms with Crippen LogP contribution in [0.15, 0.2) is 48.8 Å². The van der Waals surface area contributed by atoms with E-state index in [2.05, 4.69) is 27.5 Å². The van der Waals surface area contributed by atoms with Crippen molar-refractivity contribution < 1.29 is 4.79 Å². The van der Waals surface area contributed by atoms with E-state index < -0.39 is 0 Å². The van der Waals surface area contributed by atoms with Crippen molar-refractivity contribution in [2.45, 2.75) is 32.7 Å². The summed E-state index contributed by atoms with van der Waals surface area (Å²) in [5.41, 5.74) is 2.75. The topological polar surface area (TPSA) is 99.7 Å². The number of hydrogen-bond donors (Lipinski definition) is 1. The quantitative estimate of drug-likeness (QED) is 0.687. The van der Waals surface area contributed by atoms with Gasteiger partial charge in [-0.15, -0.1) is 10.2 Å². The number of nitriles is 1. The average Bonchev–Trinajstić information content (AvgIpc) is 3.32. The van der Waals surface area contributed by atoms with Gasteiger partial charge in [0.1, 0.15) is 11.9 Å². The zero-order valence-corrected chi connectivity index (χ0v) is 17.7. The van der Waals surface area contributed by atoms with Gasteiger partial charge in [-0.25, -0.2) is 4.68 Å². The number of piperidine rings is 1. The predicted molar refractivity (Wildman–Crippen MR) is 117 cm³/mol. The van der Waals surface area contributed by atoms with Crippen LogP contribution in [-0.2, 0) is 0 Å². The minimum absolute atomic E-state index is 0.0125. The molecule has 0 bridgehead atoms. The van der Waals surface area contributed by atoms with E-state index in [4.69, 9.17) is 5.26 Å². The number of amides is 1. The molecule has 2 unspecified atom stereocenters. The summed E-state index contributed by atoms with van der Waals surface area (Å²) in [6.45, 7) is 5.45. The second-order valence-electron chi connectivity index (χ2n) is 7.95. The summed E-state index contributed by atoms with van der Waals surface area (Å²) >= 11 is 0. The molecule has 4 rings (SSSR count). The SMILES string of the molecule is Cc1ccc(-n2cccn2)c(C(=O)N2CCCC(C)C2CNc2ccc(C#N)nn2)c1. The van der Waals surface area contributed by atoms with Crippen LogP contribution in [0.25, 0.3) is 5.69 Å². The summed E-state index contributed by atoms with van der Waals surface area (Å²) in [4.78, 5) is 15.7. The van der Waals surface area contributed by atoms with Gasteiger partial charge >= 0.3 is 0 Å². The molecule has 2 aromatic heterocycles. The van der Waals surface area contributed by atoms with Gasteiger partial charge in [-0.3, -0.25) is 4.79 Å². The molecule has 1 aromatic carbocycles. The number of nitrogens with one attached hydrogen (secondary N) is 1. The molecule has 158 valence electrons. The normalized spacial score (nSPS) is 18.4. The van der Waals surface area contributed by atoms with E-state index in [-0.39, 0.29) is 17.6 Å². The number of benzene rings is 1. The van der Waals surface area contributed by atoms with Crippen molar-refractivity contribution in [3.05, 3.63) is 65.6 Å². The lowest BCUT2D eigenvalue weighted by Gasteiger charge is -2.40. The van der Waals surface area contributed by atoms with Gasteiger partial charge in [0.05, 0.1) is 17.3 Å². The molecule has 8 heteroatoms. The maximum Gasteiger partial charge on any atom is 0.256 e. The van der Waals surface area contributed by atoms with Crippen molar-refractivity contribution in [3.8, 4) is 11.8 Å². The minimum Gasteiger partial charge on any atom is -0.367 e. The number of anilines is 1. The Morgan fingerprint density at radius 3 is 2.87 bits per heavy atom. The number of aromatic nitrogens is 4. The molecule has 2 atom stereocenters. The van der Waals surface area contributed by atoms with Crippen molar-refractivity contribution in [2.75, 3.05) is 18.4 Å².